The van der Waals surface area contributed by atoms with Gasteiger partial charge in [-0.3, -0.25) is 9.80 Å². The minimum atomic E-state index is -1.82. The van der Waals surface area contributed by atoms with Crippen molar-refractivity contribution in [3.63, 3.8) is 0 Å². The summed E-state index contributed by atoms with van der Waals surface area (Å²) >= 11 is 1.66. The van der Waals surface area contributed by atoms with E-state index in [1.165, 1.54) is 10.8 Å². The van der Waals surface area contributed by atoms with Crippen LogP contribution in [0.5, 0.6) is 0 Å². The fraction of sp³-hybridized carbons (Fsp3) is 0.269. The molecule has 1 aliphatic heterocycles. The van der Waals surface area contributed by atoms with Crippen LogP contribution in [0.25, 0.3) is 21.0 Å². The van der Waals surface area contributed by atoms with E-state index in [4.69, 9.17) is 24.2 Å². The van der Waals surface area contributed by atoms with Gasteiger partial charge in [0.25, 0.3) is 0 Å². The second-order valence-corrected chi connectivity index (χ2v) is 9.54. The van der Waals surface area contributed by atoms with Crippen LogP contribution in [0.3, 0.4) is 0 Å². The molecule has 2 aromatic carbocycles. The van der Waals surface area contributed by atoms with E-state index in [1.54, 1.807) is 17.4 Å². The van der Waals surface area contributed by atoms with Crippen LogP contribution in [0.2, 0.25) is 0 Å². The molecule has 0 saturated carbocycles. The number of piperazine rings is 1. The number of carboxylic acid groups (broad SMARTS) is 2. The molecule has 1 saturated heterocycles. The van der Waals surface area contributed by atoms with Crippen LogP contribution in [0.1, 0.15) is 18.2 Å². The molecule has 2 N–H and O–H groups in total. The third kappa shape index (κ3) is 6.34. The van der Waals surface area contributed by atoms with E-state index < -0.39 is 11.9 Å². The first-order valence-corrected chi connectivity index (χ1v) is 12.2. The predicted molar refractivity (Wildman–Crippen MR) is 134 cm³/mol. The van der Waals surface area contributed by atoms with Gasteiger partial charge in [0, 0.05) is 37.8 Å². The van der Waals surface area contributed by atoms with Gasteiger partial charge in [0.1, 0.15) is 11.6 Å². The number of hydrogen-bond acceptors (Lipinski definition) is 7. The average molecular weight is 512 g/mol. The molecule has 1 fully saturated rings. The lowest BCUT2D eigenvalue weighted by atomic mass is 10.1. The topological polar surface area (TPSA) is 107 Å². The van der Waals surface area contributed by atoms with Gasteiger partial charge in [-0.05, 0) is 37.3 Å². The van der Waals surface area contributed by atoms with Crippen LogP contribution in [-0.2, 0) is 22.7 Å². The summed E-state index contributed by atoms with van der Waals surface area (Å²) in [5.74, 6) is -1.98. The Bertz CT molecular complexity index is 1310. The number of carboxylic acids is 2. The second kappa shape index (κ2) is 11.4. The first-order valence-electron chi connectivity index (χ1n) is 11.4. The van der Waals surface area contributed by atoms with Crippen molar-refractivity contribution >= 4 is 33.5 Å². The summed E-state index contributed by atoms with van der Waals surface area (Å²) in [6.45, 7) is 6.44. The Kier molecular flexibility index (Phi) is 8.09. The third-order valence-electron chi connectivity index (χ3n) is 5.91. The van der Waals surface area contributed by atoms with Crippen molar-refractivity contribution in [3.05, 3.63) is 77.8 Å². The van der Waals surface area contributed by atoms with Crippen LogP contribution < -0.4 is 0 Å². The summed E-state index contributed by atoms with van der Waals surface area (Å²) in [7, 11) is 0. The summed E-state index contributed by atoms with van der Waals surface area (Å²) in [5.41, 5.74) is 1.78. The molecule has 5 rings (SSSR count). The Hall–Kier alpha value is -3.60. The third-order valence-corrected chi connectivity index (χ3v) is 6.96. The number of aromatic nitrogens is 1. The van der Waals surface area contributed by atoms with Crippen LogP contribution in [-0.4, -0.2) is 62.6 Å². The summed E-state index contributed by atoms with van der Waals surface area (Å²) in [6, 6.07) is 19.7. The Morgan fingerprint density at radius 2 is 1.75 bits per heavy atom. The van der Waals surface area contributed by atoms with E-state index >= 15 is 0 Å². The van der Waals surface area contributed by atoms with Crippen molar-refractivity contribution in [2.45, 2.75) is 26.1 Å². The quantitative estimate of drug-likeness (QED) is 0.376. The van der Waals surface area contributed by atoms with Crippen molar-refractivity contribution in [1.29, 1.82) is 0 Å². The van der Waals surface area contributed by atoms with Crippen molar-refractivity contribution < 1.29 is 28.6 Å². The highest BCUT2D eigenvalue weighted by Gasteiger charge is 2.25. The molecule has 10 heteroatoms. The summed E-state index contributed by atoms with van der Waals surface area (Å²) in [5, 5.41) is 15.7. The number of halogens is 1. The monoisotopic (exact) mass is 511 g/mol. The fourth-order valence-electron chi connectivity index (χ4n) is 4.07. The lowest BCUT2D eigenvalue weighted by Gasteiger charge is -2.39. The number of thiazole rings is 1. The Balaban J connectivity index is 0.000000455. The zero-order chi connectivity index (χ0) is 25.7. The molecule has 0 aliphatic carbocycles. The summed E-state index contributed by atoms with van der Waals surface area (Å²) in [6.07, 6.45) is 0. The molecule has 0 radical (unpaired) electrons. The molecule has 1 aliphatic rings. The Labute approximate surface area is 211 Å². The molecular formula is C26H26FN3O5S. The fourth-order valence-corrected chi connectivity index (χ4v) is 5.00. The lowest BCUT2D eigenvalue weighted by molar-refractivity contribution is -0.159. The van der Waals surface area contributed by atoms with E-state index in [0.29, 0.717) is 12.6 Å². The number of furan rings is 1. The maximum absolute atomic E-state index is 14.0. The van der Waals surface area contributed by atoms with E-state index in [1.807, 2.05) is 36.4 Å². The maximum atomic E-state index is 14.0. The maximum Gasteiger partial charge on any atom is 0.414 e. The van der Waals surface area contributed by atoms with Gasteiger partial charge in [-0.1, -0.05) is 30.3 Å². The van der Waals surface area contributed by atoms with Gasteiger partial charge in [0.15, 0.2) is 10.8 Å². The number of benzene rings is 2. The van der Waals surface area contributed by atoms with Crippen LogP contribution in [0.15, 0.2) is 65.1 Å². The van der Waals surface area contributed by atoms with Crippen molar-refractivity contribution in [1.82, 2.24) is 14.8 Å². The normalized spacial score (nSPS) is 16.4. The molecule has 3 heterocycles. The van der Waals surface area contributed by atoms with Crippen molar-refractivity contribution in [2.24, 2.45) is 0 Å². The predicted octanol–water partition coefficient (Wildman–Crippen LogP) is 4.56. The molecular weight excluding hydrogens is 485 g/mol. The first kappa shape index (κ1) is 25.5. The number of hydrogen-bond donors (Lipinski definition) is 2. The summed E-state index contributed by atoms with van der Waals surface area (Å²) in [4.78, 5) is 27.6. The highest BCUT2D eigenvalue weighted by molar-refractivity contribution is 7.21. The van der Waals surface area contributed by atoms with Gasteiger partial charge in [-0.25, -0.2) is 19.0 Å². The first-order chi connectivity index (χ1) is 17.3. The van der Waals surface area contributed by atoms with Crippen LogP contribution >= 0.6 is 11.3 Å². The Morgan fingerprint density at radius 3 is 2.44 bits per heavy atom. The van der Waals surface area contributed by atoms with Crippen LogP contribution in [0.4, 0.5) is 4.39 Å². The smallest absolute Gasteiger partial charge is 0.414 e. The summed E-state index contributed by atoms with van der Waals surface area (Å²) < 4.78 is 21.3. The van der Waals surface area contributed by atoms with Gasteiger partial charge >= 0.3 is 11.9 Å². The highest BCUT2D eigenvalue weighted by Crippen LogP contribution is 2.31. The molecule has 0 amide bonds. The van der Waals surface area contributed by atoms with Gasteiger partial charge in [-0.2, -0.15) is 0 Å². The molecule has 1 atom stereocenters. The van der Waals surface area contributed by atoms with E-state index in [9.17, 15) is 4.39 Å². The van der Waals surface area contributed by atoms with Crippen LogP contribution in [0, 0.1) is 5.82 Å². The number of nitrogens with zero attached hydrogens (tertiary/aromatic N) is 3. The average Bonchev–Trinajstić information content (AvgIpc) is 3.49. The minimum absolute atomic E-state index is 0.120. The van der Waals surface area contributed by atoms with E-state index in [-0.39, 0.29) is 5.82 Å². The molecule has 36 heavy (non-hydrogen) atoms. The zero-order valence-corrected chi connectivity index (χ0v) is 20.4. The standard InChI is InChI=1S/C24H24FN3OS.C2H2O4/c1-17-14-27(15-18-6-2-3-7-20(18)25)12-13-28(17)16-19-10-11-22(29-19)24-26-21-8-4-5-9-23(21)30-24;3-1(4)2(5)6/h2-11,17H,12-16H2,1H3;(H,3,4)(H,5,6)/t17-;/m1./s1. The molecule has 0 spiro atoms. The number of rotatable bonds is 5. The Morgan fingerprint density at radius 1 is 1.03 bits per heavy atom. The second-order valence-electron chi connectivity index (χ2n) is 8.51. The van der Waals surface area contributed by atoms with E-state index in [0.717, 1.165) is 53.8 Å². The van der Waals surface area contributed by atoms with Gasteiger partial charge in [0.05, 0.1) is 16.8 Å². The van der Waals surface area contributed by atoms with Crippen molar-refractivity contribution in [2.75, 3.05) is 19.6 Å². The largest absolute Gasteiger partial charge is 0.473 e. The minimum Gasteiger partial charge on any atom is -0.473 e. The van der Waals surface area contributed by atoms with Gasteiger partial charge in [0.2, 0.25) is 0 Å². The molecule has 8 nitrogen and oxygen atoms in total. The SMILES string of the molecule is C[C@@H]1CN(Cc2ccccc2F)CCN1Cc1ccc(-c2nc3ccccc3s2)o1.O=C(O)C(=O)O. The number of aliphatic carboxylic acids is 2. The lowest BCUT2D eigenvalue weighted by Crippen LogP contribution is -2.50. The number of fused-ring (bicyclic) bond motifs is 1. The molecule has 4 aromatic rings. The molecule has 0 bridgehead atoms. The number of carbonyl (C=O) groups is 2. The number of para-hydroxylation sites is 1. The molecule has 188 valence electrons. The zero-order valence-electron chi connectivity index (χ0n) is 19.6. The van der Waals surface area contributed by atoms with Crippen molar-refractivity contribution in [3.8, 4) is 10.8 Å². The van der Waals surface area contributed by atoms with Gasteiger partial charge < -0.3 is 14.6 Å². The van der Waals surface area contributed by atoms with Gasteiger partial charge in [-0.15, -0.1) is 11.3 Å². The van der Waals surface area contributed by atoms with E-state index in [2.05, 4.69) is 33.8 Å². The highest BCUT2D eigenvalue weighted by atomic mass is 32.1. The molecule has 0 unspecified atom stereocenters. The molecule has 2 aromatic heterocycles.